The van der Waals surface area contributed by atoms with Gasteiger partial charge in [0.25, 0.3) is 0 Å². The van der Waals surface area contributed by atoms with E-state index in [1.807, 2.05) is 6.07 Å². The molecule has 1 unspecified atom stereocenters. The van der Waals surface area contributed by atoms with Gasteiger partial charge in [0.2, 0.25) is 0 Å². The smallest absolute Gasteiger partial charge is 0.124 e. The molecule has 2 aromatic rings. The minimum atomic E-state index is -0.204. The number of rotatable bonds is 2. The first-order valence-electron chi connectivity index (χ1n) is 5.99. The van der Waals surface area contributed by atoms with E-state index >= 15 is 0 Å². The van der Waals surface area contributed by atoms with Crippen LogP contribution in [0.15, 0.2) is 36.1 Å². The second kappa shape index (κ2) is 4.71. The number of nitrogens with two attached hydrogens (primary N) is 1. The molecule has 0 saturated heterocycles. The van der Waals surface area contributed by atoms with E-state index in [1.54, 1.807) is 29.7 Å². The molecule has 0 spiro atoms. The molecule has 0 saturated carbocycles. The molecule has 0 bridgehead atoms. The first-order chi connectivity index (χ1) is 8.74. The molecule has 1 aliphatic rings. The van der Waals surface area contributed by atoms with Crippen LogP contribution in [-0.2, 0) is 4.74 Å². The molecule has 1 atom stereocenters. The number of halogens is 1. The molecule has 1 aliphatic heterocycles. The zero-order chi connectivity index (χ0) is 12.5. The van der Waals surface area contributed by atoms with Crippen molar-refractivity contribution >= 4 is 21.4 Å². The molecule has 4 heteroatoms. The van der Waals surface area contributed by atoms with Crippen molar-refractivity contribution in [2.24, 2.45) is 5.73 Å². The van der Waals surface area contributed by atoms with Gasteiger partial charge in [0, 0.05) is 9.58 Å². The Labute approximate surface area is 109 Å². The van der Waals surface area contributed by atoms with E-state index in [2.05, 4.69) is 0 Å². The van der Waals surface area contributed by atoms with Crippen molar-refractivity contribution < 1.29 is 9.13 Å². The van der Waals surface area contributed by atoms with Gasteiger partial charge in [-0.1, -0.05) is 6.07 Å². The predicted octanol–water partition coefficient (Wildman–Crippen LogP) is 3.73. The Morgan fingerprint density at radius 3 is 3.00 bits per heavy atom. The Bertz CT molecular complexity index is 605. The standard InChI is InChI=1S/C14H14FNOS/c15-11-4-3-9-6-13(18-12(9)7-11)14(16)10-2-1-5-17-8-10/h3-4,6-8,14H,1-2,5,16H2. The lowest BCUT2D eigenvalue weighted by Crippen LogP contribution is -2.15. The molecule has 1 aromatic heterocycles. The fraction of sp³-hybridized carbons (Fsp3) is 0.286. The summed E-state index contributed by atoms with van der Waals surface area (Å²) in [5.41, 5.74) is 7.36. The van der Waals surface area contributed by atoms with Gasteiger partial charge in [0.05, 0.1) is 18.9 Å². The maximum Gasteiger partial charge on any atom is 0.124 e. The van der Waals surface area contributed by atoms with Crippen molar-refractivity contribution in [3.05, 3.63) is 46.8 Å². The Balaban J connectivity index is 1.96. The fourth-order valence-electron chi connectivity index (χ4n) is 2.17. The number of thiophene rings is 1. The minimum Gasteiger partial charge on any atom is -0.501 e. The highest BCUT2D eigenvalue weighted by atomic mass is 32.1. The average molecular weight is 263 g/mol. The molecule has 2 nitrogen and oxygen atoms in total. The number of ether oxygens (including phenoxy) is 1. The van der Waals surface area contributed by atoms with Crippen molar-refractivity contribution in [1.29, 1.82) is 0 Å². The summed E-state index contributed by atoms with van der Waals surface area (Å²) in [5, 5.41) is 1.05. The molecule has 0 amide bonds. The van der Waals surface area contributed by atoms with Gasteiger partial charge >= 0.3 is 0 Å². The zero-order valence-electron chi connectivity index (χ0n) is 9.86. The van der Waals surface area contributed by atoms with Crippen LogP contribution in [0, 0.1) is 5.82 Å². The minimum absolute atomic E-state index is 0.134. The van der Waals surface area contributed by atoms with E-state index in [0.29, 0.717) is 0 Å². The van der Waals surface area contributed by atoms with E-state index < -0.39 is 0 Å². The lowest BCUT2D eigenvalue weighted by atomic mass is 10.0. The summed E-state index contributed by atoms with van der Waals surface area (Å²) in [5.74, 6) is -0.204. The van der Waals surface area contributed by atoms with Crippen molar-refractivity contribution in [3.63, 3.8) is 0 Å². The molecule has 2 N–H and O–H groups in total. The van der Waals surface area contributed by atoms with Gasteiger partial charge in [-0.05, 0) is 42.0 Å². The normalized spacial score (nSPS) is 17.3. The summed E-state index contributed by atoms with van der Waals surface area (Å²) >= 11 is 1.55. The van der Waals surface area contributed by atoms with Crippen LogP contribution < -0.4 is 5.73 Å². The van der Waals surface area contributed by atoms with Gasteiger partial charge in [-0.3, -0.25) is 0 Å². The molecule has 0 fully saturated rings. The van der Waals surface area contributed by atoms with Crippen LogP contribution in [0.3, 0.4) is 0 Å². The number of hydrogen-bond donors (Lipinski definition) is 1. The molecule has 1 aromatic carbocycles. The first kappa shape index (κ1) is 11.7. The van der Waals surface area contributed by atoms with Crippen molar-refractivity contribution in [1.82, 2.24) is 0 Å². The summed E-state index contributed by atoms with van der Waals surface area (Å²) < 4.78 is 19.4. The quantitative estimate of drug-likeness (QED) is 0.896. The Hall–Kier alpha value is -1.39. The van der Waals surface area contributed by atoms with Crippen LogP contribution in [-0.4, -0.2) is 6.61 Å². The van der Waals surface area contributed by atoms with Crippen LogP contribution in [0.5, 0.6) is 0 Å². The number of hydrogen-bond acceptors (Lipinski definition) is 3. The van der Waals surface area contributed by atoms with Gasteiger partial charge < -0.3 is 10.5 Å². The molecule has 0 radical (unpaired) electrons. The molecule has 0 aliphatic carbocycles. The number of fused-ring (bicyclic) bond motifs is 1. The molecule has 94 valence electrons. The topological polar surface area (TPSA) is 35.2 Å². The van der Waals surface area contributed by atoms with Crippen molar-refractivity contribution in [2.45, 2.75) is 18.9 Å². The highest BCUT2D eigenvalue weighted by Crippen LogP contribution is 2.34. The monoisotopic (exact) mass is 263 g/mol. The van der Waals surface area contributed by atoms with Gasteiger partial charge in [-0.25, -0.2) is 4.39 Å². The Kier molecular flexibility index (Phi) is 3.06. The lowest BCUT2D eigenvalue weighted by Gasteiger charge is -2.18. The summed E-state index contributed by atoms with van der Waals surface area (Å²) in [7, 11) is 0. The third kappa shape index (κ3) is 2.13. The Morgan fingerprint density at radius 2 is 2.22 bits per heavy atom. The van der Waals surface area contributed by atoms with Gasteiger partial charge in [0.1, 0.15) is 5.82 Å². The lowest BCUT2D eigenvalue weighted by molar-refractivity contribution is 0.221. The highest BCUT2D eigenvalue weighted by molar-refractivity contribution is 7.19. The number of benzene rings is 1. The average Bonchev–Trinajstić information content (AvgIpc) is 2.81. The molecule has 18 heavy (non-hydrogen) atoms. The van der Waals surface area contributed by atoms with Gasteiger partial charge in [-0.15, -0.1) is 11.3 Å². The Morgan fingerprint density at radius 1 is 1.33 bits per heavy atom. The molecule has 3 rings (SSSR count). The second-order valence-electron chi connectivity index (χ2n) is 4.48. The summed E-state index contributed by atoms with van der Waals surface area (Å²) in [4.78, 5) is 1.06. The zero-order valence-corrected chi connectivity index (χ0v) is 10.7. The summed E-state index contributed by atoms with van der Waals surface area (Å²) in [6.07, 6.45) is 3.77. The first-order valence-corrected chi connectivity index (χ1v) is 6.81. The van der Waals surface area contributed by atoms with E-state index in [4.69, 9.17) is 10.5 Å². The third-order valence-electron chi connectivity index (χ3n) is 3.17. The second-order valence-corrected chi connectivity index (χ2v) is 5.59. The largest absolute Gasteiger partial charge is 0.501 e. The highest BCUT2D eigenvalue weighted by Gasteiger charge is 2.17. The SMILES string of the molecule is NC(C1=COCCC1)c1cc2ccc(F)cc2s1. The van der Waals surface area contributed by atoms with Crippen LogP contribution in [0.4, 0.5) is 4.39 Å². The van der Waals surface area contributed by atoms with Crippen LogP contribution >= 0.6 is 11.3 Å². The van der Waals surface area contributed by atoms with Crippen LogP contribution in [0.25, 0.3) is 10.1 Å². The van der Waals surface area contributed by atoms with Crippen molar-refractivity contribution in [3.8, 4) is 0 Å². The van der Waals surface area contributed by atoms with Crippen LogP contribution in [0.1, 0.15) is 23.8 Å². The van der Waals surface area contributed by atoms with E-state index in [1.165, 1.54) is 6.07 Å². The summed E-state index contributed by atoms with van der Waals surface area (Å²) in [6, 6.07) is 6.74. The van der Waals surface area contributed by atoms with Crippen molar-refractivity contribution in [2.75, 3.05) is 6.61 Å². The van der Waals surface area contributed by atoms with Gasteiger partial charge in [-0.2, -0.15) is 0 Å². The van der Waals surface area contributed by atoms with Crippen LogP contribution in [0.2, 0.25) is 0 Å². The fourth-order valence-corrected chi connectivity index (χ4v) is 3.31. The third-order valence-corrected chi connectivity index (χ3v) is 4.35. The summed E-state index contributed by atoms with van der Waals surface area (Å²) in [6.45, 7) is 0.772. The van der Waals surface area contributed by atoms with E-state index in [0.717, 1.165) is 40.0 Å². The molecule has 2 heterocycles. The van der Waals surface area contributed by atoms with Gasteiger partial charge in [0.15, 0.2) is 0 Å². The maximum absolute atomic E-state index is 13.1. The van der Waals surface area contributed by atoms with E-state index in [-0.39, 0.29) is 11.9 Å². The predicted molar refractivity (Wildman–Crippen MR) is 72.0 cm³/mol. The maximum atomic E-state index is 13.1. The molecular formula is C14H14FNOS. The molecular weight excluding hydrogens is 249 g/mol. The van der Waals surface area contributed by atoms with E-state index in [9.17, 15) is 4.39 Å².